The summed E-state index contributed by atoms with van der Waals surface area (Å²) in [6.45, 7) is 3.27. The van der Waals surface area contributed by atoms with E-state index >= 15 is 0 Å². The molecule has 1 unspecified atom stereocenters. The Morgan fingerprint density at radius 2 is 1.62 bits per heavy atom. The van der Waals surface area contributed by atoms with E-state index in [0.717, 1.165) is 6.07 Å². The molecule has 0 aliphatic carbocycles. The molecule has 0 saturated heterocycles. The number of benzene rings is 2. The molecular formula is C27H29F4N3O6. The van der Waals surface area contributed by atoms with E-state index in [9.17, 15) is 41.5 Å². The molecule has 13 heteroatoms. The molecule has 3 amide bonds. The first-order chi connectivity index (χ1) is 18.6. The molecule has 0 aromatic heterocycles. The first-order valence-corrected chi connectivity index (χ1v) is 12.1. The van der Waals surface area contributed by atoms with E-state index in [4.69, 9.17) is 4.74 Å². The lowest BCUT2D eigenvalue weighted by Gasteiger charge is -2.22. The van der Waals surface area contributed by atoms with Gasteiger partial charge in [-0.15, -0.1) is 0 Å². The minimum Gasteiger partial charge on any atom is -0.496 e. The molecule has 2 aromatic carbocycles. The van der Waals surface area contributed by atoms with Crippen LogP contribution in [-0.4, -0.2) is 55.5 Å². The number of rotatable bonds is 12. The van der Waals surface area contributed by atoms with Gasteiger partial charge in [-0.3, -0.25) is 24.0 Å². The summed E-state index contributed by atoms with van der Waals surface area (Å²) in [6, 6.07) is 5.57. The van der Waals surface area contributed by atoms with Crippen molar-refractivity contribution in [2.75, 3.05) is 20.2 Å². The number of hydrogen-bond acceptors (Lipinski definition) is 6. The standard InChI is InChI=1S/C27H29F4N3O6/c1-14(2)24(34-22(37)11-17-10-16(15(3)35)8-9-21(17)40-4)26(39)33-13-18(36)12-32-25(38)23-19(27(29,30)31)6-5-7-20(23)28/h5-10,14,24H,11-13H2,1-4H3,(H,32,38)(H,33,39)(H,34,37). The molecule has 40 heavy (non-hydrogen) atoms. The van der Waals surface area contributed by atoms with Gasteiger partial charge in [0.1, 0.15) is 17.6 Å². The first kappa shape index (κ1) is 31.9. The smallest absolute Gasteiger partial charge is 0.417 e. The number of amides is 3. The maximum Gasteiger partial charge on any atom is 0.417 e. The number of Topliss-reactive ketones (excluding diaryl/α,β-unsaturated/α-hetero) is 2. The highest BCUT2D eigenvalue weighted by atomic mass is 19.4. The molecule has 216 valence electrons. The molecule has 0 bridgehead atoms. The van der Waals surface area contributed by atoms with Crippen LogP contribution in [0.1, 0.15) is 52.6 Å². The van der Waals surface area contributed by atoms with E-state index in [-0.39, 0.29) is 12.2 Å². The van der Waals surface area contributed by atoms with Gasteiger partial charge < -0.3 is 20.7 Å². The monoisotopic (exact) mass is 567 g/mol. The van der Waals surface area contributed by atoms with Gasteiger partial charge in [-0.1, -0.05) is 19.9 Å². The second-order valence-corrected chi connectivity index (χ2v) is 9.15. The van der Waals surface area contributed by atoms with Crippen LogP contribution in [0.3, 0.4) is 0 Å². The fourth-order valence-corrected chi connectivity index (χ4v) is 3.68. The second-order valence-electron chi connectivity index (χ2n) is 9.15. The molecule has 0 saturated carbocycles. The number of carbonyl (C=O) groups is 5. The van der Waals surface area contributed by atoms with E-state index in [1.54, 1.807) is 26.0 Å². The summed E-state index contributed by atoms with van der Waals surface area (Å²) in [4.78, 5) is 61.5. The van der Waals surface area contributed by atoms with Gasteiger partial charge in [-0.2, -0.15) is 13.2 Å². The summed E-state index contributed by atoms with van der Waals surface area (Å²) in [7, 11) is 1.40. The van der Waals surface area contributed by atoms with E-state index in [0.29, 0.717) is 29.0 Å². The van der Waals surface area contributed by atoms with Gasteiger partial charge in [0.2, 0.25) is 11.8 Å². The number of hydrogen-bond donors (Lipinski definition) is 3. The summed E-state index contributed by atoms with van der Waals surface area (Å²) < 4.78 is 58.6. The molecule has 9 nitrogen and oxygen atoms in total. The highest BCUT2D eigenvalue weighted by Gasteiger charge is 2.36. The van der Waals surface area contributed by atoms with Gasteiger partial charge in [0.25, 0.3) is 5.91 Å². The quantitative estimate of drug-likeness (QED) is 0.267. The van der Waals surface area contributed by atoms with Crippen molar-refractivity contribution in [2.45, 2.75) is 39.4 Å². The average molecular weight is 568 g/mol. The zero-order valence-electron chi connectivity index (χ0n) is 22.2. The zero-order valence-corrected chi connectivity index (χ0v) is 22.2. The Balaban J connectivity index is 1.98. The summed E-state index contributed by atoms with van der Waals surface area (Å²) in [5.74, 6) is -5.17. The van der Waals surface area contributed by atoms with Crippen LogP contribution in [0.15, 0.2) is 36.4 Å². The third kappa shape index (κ3) is 8.61. The molecule has 0 spiro atoms. The Hall–Kier alpha value is -4.29. The number of carbonyl (C=O) groups excluding carboxylic acids is 5. The third-order valence-electron chi connectivity index (χ3n) is 5.76. The Bertz CT molecular complexity index is 1290. The Kier molecular flexibility index (Phi) is 10.9. The Morgan fingerprint density at radius 3 is 2.20 bits per heavy atom. The van der Waals surface area contributed by atoms with Gasteiger partial charge in [0.15, 0.2) is 11.6 Å². The summed E-state index contributed by atoms with van der Waals surface area (Å²) >= 11 is 0. The van der Waals surface area contributed by atoms with Gasteiger partial charge in [0, 0.05) is 11.1 Å². The van der Waals surface area contributed by atoms with Gasteiger partial charge in [-0.05, 0) is 43.2 Å². The predicted molar refractivity (Wildman–Crippen MR) is 135 cm³/mol. The highest BCUT2D eigenvalue weighted by Crippen LogP contribution is 2.33. The molecule has 0 aliphatic rings. The van der Waals surface area contributed by atoms with Gasteiger partial charge in [0.05, 0.1) is 37.7 Å². The number of alkyl halides is 3. The van der Waals surface area contributed by atoms with Crippen molar-refractivity contribution in [3.63, 3.8) is 0 Å². The normalized spacial score (nSPS) is 11.9. The lowest BCUT2D eigenvalue weighted by atomic mass is 10.0. The highest BCUT2D eigenvalue weighted by molar-refractivity contribution is 5.99. The van der Waals surface area contributed by atoms with Gasteiger partial charge in [-0.25, -0.2) is 4.39 Å². The van der Waals surface area contributed by atoms with Gasteiger partial charge >= 0.3 is 6.18 Å². The topological polar surface area (TPSA) is 131 Å². The summed E-state index contributed by atoms with van der Waals surface area (Å²) in [5.41, 5.74) is -1.95. The van der Waals surface area contributed by atoms with Crippen molar-refractivity contribution in [1.29, 1.82) is 0 Å². The third-order valence-corrected chi connectivity index (χ3v) is 5.76. The van der Waals surface area contributed by atoms with E-state index in [1.807, 2.05) is 5.32 Å². The zero-order chi connectivity index (χ0) is 30.2. The van der Waals surface area contributed by atoms with Crippen molar-refractivity contribution in [3.05, 3.63) is 64.5 Å². The molecule has 2 aromatic rings. The van der Waals surface area contributed by atoms with Crippen LogP contribution in [0.4, 0.5) is 17.6 Å². The molecule has 3 N–H and O–H groups in total. The first-order valence-electron chi connectivity index (χ1n) is 12.1. The maximum atomic E-state index is 14.0. The molecule has 0 aliphatic heterocycles. The van der Waals surface area contributed by atoms with Crippen LogP contribution in [-0.2, 0) is 27.0 Å². The van der Waals surface area contributed by atoms with Crippen LogP contribution in [0, 0.1) is 11.7 Å². The molecule has 0 radical (unpaired) electrons. The molecule has 2 rings (SSSR count). The SMILES string of the molecule is COc1ccc(C(C)=O)cc1CC(=O)NC(C(=O)NCC(=O)CNC(=O)c1c(F)cccc1C(F)(F)F)C(C)C. The predicted octanol–water partition coefficient (Wildman–Crippen LogP) is 2.85. The molecular weight excluding hydrogens is 538 g/mol. The fraction of sp³-hybridized carbons (Fsp3) is 0.370. The van der Waals surface area contributed by atoms with Crippen LogP contribution in [0.5, 0.6) is 5.75 Å². The Labute approximate surface area is 227 Å². The molecule has 1 atom stereocenters. The van der Waals surface area contributed by atoms with Crippen molar-refractivity contribution in [3.8, 4) is 5.75 Å². The van der Waals surface area contributed by atoms with E-state index in [1.165, 1.54) is 20.1 Å². The minimum absolute atomic E-state index is 0.207. The van der Waals surface area contributed by atoms with Crippen LogP contribution in [0.25, 0.3) is 0 Å². The number of ether oxygens (including phenoxy) is 1. The summed E-state index contributed by atoms with van der Waals surface area (Å²) in [6.07, 6.45) is -5.20. The van der Waals surface area contributed by atoms with Crippen LogP contribution in [0.2, 0.25) is 0 Å². The Morgan fingerprint density at radius 1 is 0.975 bits per heavy atom. The van der Waals surface area contributed by atoms with Crippen molar-refractivity contribution in [2.24, 2.45) is 5.92 Å². The number of ketones is 2. The second kappa shape index (κ2) is 13.7. The lowest BCUT2D eigenvalue weighted by molar-refractivity contribution is -0.138. The average Bonchev–Trinajstić information content (AvgIpc) is 2.87. The summed E-state index contributed by atoms with van der Waals surface area (Å²) in [5, 5.41) is 6.80. The maximum absolute atomic E-state index is 14.0. The minimum atomic E-state index is -5.00. The number of methoxy groups -OCH3 is 1. The molecule has 0 heterocycles. The molecule has 0 fully saturated rings. The van der Waals surface area contributed by atoms with E-state index < -0.39 is 71.7 Å². The largest absolute Gasteiger partial charge is 0.496 e. The van der Waals surface area contributed by atoms with Crippen molar-refractivity contribution in [1.82, 2.24) is 16.0 Å². The van der Waals surface area contributed by atoms with E-state index in [2.05, 4.69) is 10.6 Å². The van der Waals surface area contributed by atoms with Crippen molar-refractivity contribution < 1.29 is 46.3 Å². The van der Waals surface area contributed by atoms with Crippen LogP contribution >= 0.6 is 0 Å². The number of halogens is 4. The fourth-order valence-electron chi connectivity index (χ4n) is 3.68. The lowest BCUT2D eigenvalue weighted by Crippen LogP contribution is -2.51. The number of nitrogens with one attached hydrogen (secondary N) is 3. The van der Waals surface area contributed by atoms with Crippen molar-refractivity contribution >= 4 is 29.3 Å². The van der Waals surface area contributed by atoms with Crippen LogP contribution < -0.4 is 20.7 Å².